The van der Waals surface area contributed by atoms with Crippen LogP contribution in [0.25, 0.3) is 0 Å². The zero-order valence-corrected chi connectivity index (χ0v) is 8.09. The van der Waals surface area contributed by atoms with Crippen molar-refractivity contribution in [3.63, 3.8) is 0 Å². The molecule has 0 aromatic carbocycles. The first-order valence-corrected chi connectivity index (χ1v) is 5.11. The predicted molar refractivity (Wildman–Crippen MR) is 48.3 cm³/mol. The number of carboxylic acids is 1. The number of hydrogen-bond donors (Lipinski definition) is 1. The maximum atomic E-state index is 12.6. The molecule has 14 heavy (non-hydrogen) atoms. The maximum absolute atomic E-state index is 12.6. The molecule has 0 aromatic heterocycles. The van der Waals surface area contributed by atoms with E-state index in [4.69, 9.17) is 5.11 Å². The molecule has 0 aliphatic heterocycles. The average molecular weight is 206 g/mol. The summed E-state index contributed by atoms with van der Waals surface area (Å²) in [4.78, 5) is 10.4. The Morgan fingerprint density at radius 3 is 2.29 bits per heavy atom. The van der Waals surface area contributed by atoms with E-state index in [1.165, 1.54) is 0 Å². The van der Waals surface area contributed by atoms with Crippen molar-refractivity contribution in [3.8, 4) is 0 Å². The van der Waals surface area contributed by atoms with Crippen LogP contribution in [0, 0.1) is 11.8 Å². The monoisotopic (exact) mass is 206 g/mol. The summed E-state index contributed by atoms with van der Waals surface area (Å²) in [7, 11) is 0. The first-order chi connectivity index (χ1) is 6.61. The highest BCUT2D eigenvalue weighted by molar-refractivity contribution is 5.67. The molecule has 1 rings (SSSR count). The zero-order chi connectivity index (χ0) is 10.6. The lowest BCUT2D eigenvalue weighted by molar-refractivity contribution is -0.140. The minimum absolute atomic E-state index is 0.0835. The van der Waals surface area contributed by atoms with Gasteiger partial charge in [0.25, 0.3) is 0 Å². The molecule has 1 aliphatic rings. The molecule has 2 nitrogen and oxygen atoms in total. The van der Waals surface area contributed by atoms with Crippen LogP contribution in [0.2, 0.25) is 0 Å². The van der Waals surface area contributed by atoms with Crippen LogP contribution >= 0.6 is 0 Å². The maximum Gasteiger partial charge on any atom is 0.303 e. The summed E-state index contributed by atoms with van der Waals surface area (Å²) in [5.74, 6) is -2.13. The number of aliphatic carboxylic acids is 1. The van der Waals surface area contributed by atoms with Crippen LogP contribution in [0.5, 0.6) is 0 Å². The normalized spacial score (nSPS) is 21.1. The Hall–Kier alpha value is -0.670. The third-order valence-corrected chi connectivity index (χ3v) is 2.99. The molecule has 0 amide bonds. The smallest absolute Gasteiger partial charge is 0.303 e. The summed E-state index contributed by atoms with van der Waals surface area (Å²) in [6, 6.07) is 0. The van der Waals surface area contributed by atoms with Crippen LogP contribution in [0.4, 0.5) is 8.78 Å². The minimum Gasteiger partial charge on any atom is -0.481 e. The quantitative estimate of drug-likeness (QED) is 0.767. The van der Waals surface area contributed by atoms with E-state index in [-0.39, 0.29) is 12.3 Å². The third-order valence-electron chi connectivity index (χ3n) is 2.99. The van der Waals surface area contributed by atoms with E-state index in [0.717, 1.165) is 32.1 Å². The van der Waals surface area contributed by atoms with E-state index in [0.29, 0.717) is 0 Å². The first kappa shape index (κ1) is 11.4. The summed E-state index contributed by atoms with van der Waals surface area (Å²) < 4.78 is 25.2. The molecule has 0 heterocycles. The summed E-state index contributed by atoms with van der Waals surface area (Å²) in [5.41, 5.74) is 0. The van der Waals surface area contributed by atoms with E-state index < -0.39 is 18.3 Å². The predicted octanol–water partition coefficient (Wildman–Crippen LogP) is 2.92. The van der Waals surface area contributed by atoms with Gasteiger partial charge < -0.3 is 5.11 Å². The van der Waals surface area contributed by atoms with Crippen molar-refractivity contribution >= 4 is 5.97 Å². The van der Waals surface area contributed by atoms with Crippen molar-refractivity contribution in [1.82, 2.24) is 0 Å². The molecule has 1 saturated carbocycles. The molecule has 1 fully saturated rings. The number of halogens is 2. The van der Waals surface area contributed by atoms with E-state index in [1.54, 1.807) is 0 Å². The molecular weight excluding hydrogens is 190 g/mol. The molecule has 0 saturated heterocycles. The van der Waals surface area contributed by atoms with Crippen LogP contribution in [-0.4, -0.2) is 17.5 Å². The Labute approximate surface area is 82.3 Å². The molecular formula is C10H16F2O2. The van der Waals surface area contributed by atoms with Gasteiger partial charge in [0, 0.05) is 5.92 Å². The number of carbonyl (C=O) groups is 1. The fourth-order valence-corrected chi connectivity index (χ4v) is 2.23. The Bertz CT molecular complexity index is 189. The van der Waals surface area contributed by atoms with Crippen molar-refractivity contribution in [2.75, 3.05) is 0 Å². The summed E-state index contributed by atoms with van der Waals surface area (Å²) in [6.45, 7) is 0. The zero-order valence-electron chi connectivity index (χ0n) is 8.09. The van der Waals surface area contributed by atoms with Crippen molar-refractivity contribution < 1.29 is 18.7 Å². The molecule has 0 bridgehead atoms. The van der Waals surface area contributed by atoms with Crippen molar-refractivity contribution in [3.05, 3.63) is 0 Å². The fraction of sp³-hybridized carbons (Fsp3) is 0.900. The van der Waals surface area contributed by atoms with E-state index >= 15 is 0 Å². The molecule has 1 aliphatic carbocycles. The van der Waals surface area contributed by atoms with E-state index in [9.17, 15) is 13.6 Å². The van der Waals surface area contributed by atoms with Crippen LogP contribution in [0.1, 0.15) is 38.5 Å². The van der Waals surface area contributed by atoms with Crippen molar-refractivity contribution in [2.24, 2.45) is 11.8 Å². The van der Waals surface area contributed by atoms with Gasteiger partial charge in [-0.1, -0.05) is 19.3 Å². The lowest BCUT2D eigenvalue weighted by Crippen LogP contribution is -2.26. The topological polar surface area (TPSA) is 37.3 Å². The lowest BCUT2D eigenvalue weighted by atomic mass is 9.79. The second-order valence-corrected chi connectivity index (χ2v) is 3.99. The van der Waals surface area contributed by atoms with Crippen LogP contribution in [0.3, 0.4) is 0 Å². The molecule has 0 spiro atoms. The molecule has 82 valence electrons. The second kappa shape index (κ2) is 5.27. The Morgan fingerprint density at radius 2 is 1.86 bits per heavy atom. The molecule has 1 atom stereocenters. The van der Waals surface area contributed by atoms with Gasteiger partial charge in [-0.25, -0.2) is 8.78 Å². The SMILES string of the molecule is O=C(O)CC(C(F)F)C1CCCCC1. The summed E-state index contributed by atoms with van der Waals surface area (Å²) in [6.07, 6.45) is 1.68. The van der Waals surface area contributed by atoms with E-state index in [1.807, 2.05) is 0 Å². The third kappa shape index (κ3) is 3.24. The average Bonchev–Trinajstić information content (AvgIpc) is 2.15. The Kier molecular flexibility index (Phi) is 4.29. The number of hydrogen-bond acceptors (Lipinski definition) is 1. The minimum atomic E-state index is -2.49. The molecule has 1 unspecified atom stereocenters. The van der Waals surface area contributed by atoms with Gasteiger partial charge in [-0.15, -0.1) is 0 Å². The molecule has 1 N–H and O–H groups in total. The number of alkyl halides is 2. The summed E-state index contributed by atoms with van der Waals surface area (Å²) >= 11 is 0. The second-order valence-electron chi connectivity index (χ2n) is 3.99. The van der Waals surface area contributed by atoms with Crippen LogP contribution < -0.4 is 0 Å². The van der Waals surface area contributed by atoms with Gasteiger partial charge >= 0.3 is 5.97 Å². The first-order valence-electron chi connectivity index (χ1n) is 5.11. The Balaban J connectivity index is 2.51. The summed E-state index contributed by atoms with van der Waals surface area (Å²) in [5, 5.41) is 8.53. The van der Waals surface area contributed by atoms with Crippen molar-refractivity contribution in [2.45, 2.75) is 45.0 Å². The largest absolute Gasteiger partial charge is 0.481 e. The molecule has 4 heteroatoms. The highest BCUT2D eigenvalue weighted by atomic mass is 19.3. The van der Waals surface area contributed by atoms with Gasteiger partial charge in [0.05, 0.1) is 6.42 Å². The van der Waals surface area contributed by atoms with Gasteiger partial charge in [0.15, 0.2) is 0 Å². The van der Waals surface area contributed by atoms with Gasteiger partial charge in [0.1, 0.15) is 0 Å². The standard InChI is InChI=1S/C10H16F2O2/c11-10(12)8(6-9(13)14)7-4-2-1-3-5-7/h7-8,10H,1-6H2,(H,13,14). The lowest BCUT2D eigenvalue weighted by Gasteiger charge is -2.28. The van der Waals surface area contributed by atoms with Gasteiger partial charge in [-0.2, -0.15) is 0 Å². The van der Waals surface area contributed by atoms with Gasteiger partial charge in [-0.05, 0) is 18.8 Å². The molecule has 0 aromatic rings. The number of rotatable bonds is 4. The Morgan fingerprint density at radius 1 is 1.29 bits per heavy atom. The van der Waals surface area contributed by atoms with Gasteiger partial charge in [0.2, 0.25) is 6.43 Å². The van der Waals surface area contributed by atoms with Gasteiger partial charge in [-0.3, -0.25) is 4.79 Å². The van der Waals surface area contributed by atoms with E-state index in [2.05, 4.69) is 0 Å². The number of carboxylic acid groups (broad SMARTS) is 1. The fourth-order valence-electron chi connectivity index (χ4n) is 2.23. The van der Waals surface area contributed by atoms with Crippen LogP contribution in [0.15, 0.2) is 0 Å². The van der Waals surface area contributed by atoms with Crippen LogP contribution in [-0.2, 0) is 4.79 Å². The highest BCUT2D eigenvalue weighted by Crippen LogP contribution is 2.35. The van der Waals surface area contributed by atoms with Crippen molar-refractivity contribution in [1.29, 1.82) is 0 Å². The molecule has 0 radical (unpaired) electrons. The highest BCUT2D eigenvalue weighted by Gasteiger charge is 2.32.